The van der Waals surface area contributed by atoms with Crippen LogP contribution in [0.3, 0.4) is 0 Å². The lowest BCUT2D eigenvalue weighted by molar-refractivity contribution is -0.121. The topological polar surface area (TPSA) is 84.2 Å². The first kappa shape index (κ1) is 21.8. The summed E-state index contributed by atoms with van der Waals surface area (Å²) < 4.78 is 1.81. The van der Waals surface area contributed by atoms with Crippen molar-refractivity contribution in [1.29, 1.82) is 0 Å². The number of aromatic nitrogens is 4. The molecule has 4 rings (SSSR count). The minimum absolute atomic E-state index is 0.0114. The number of hydrogen-bond donors (Lipinski definition) is 2. The van der Waals surface area contributed by atoms with Gasteiger partial charge in [0.2, 0.25) is 5.91 Å². The lowest BCUT2D eigenvalue weighted by atomic mass is 9.80. The molecule has 7 nitrogen and oxygen atoms in total. The molecule has 166 valence electrons. The lowest BCUT2D eigenvalue weighted by Crippen LogP contribution is -2.38. The van der Waals surface area contributed by atoms with E-state index in [4.69, 9.17) is 11.5 Å². The predicted molar refractivity (Wildman–Crippen MR) is 126 cm³/mol. The molecule has 0 bridgehead atoms. The lowest BCUT2D eigenvalue weighted by Gasteiger charge is -2.30. The Hall–Kier alpha value is -3.40. The smallest absolute Gasteiger partial charge is 0.220 e. The first-order chi connectivity index (χ1) is 15.5. The standard InChI is InChI=1S/C25H30N6O/c1-4-5-14-22(32)26-16-25(2,3)17-27-23-20(18-12-9-13-18)15-21-28-29-24(31(21)30-23)19-10-7-6-8-11-19/h1,6-8,10-11,15,18H,5,9,12-14,16-17H2,2-3H3,(H,26,32)(H,27,30). The Kier molecular flexibility index (Phi) is 6.40. The summed E-state index contributed by atoms with van der Waals surface area (Å²) in [7, 11) is 0. The molecule has 0 radical (unpaired) electrons. The summed E-state index contributed by atoms with van der Waals surface area (Å²) in [5, 5.41) is 20.2. The van der Waals surface area contributed by atoms with Crippen LogP contribution in [0, 0.1) is 17.8 Å². The molecule has 0 unspecified atom stereocenters. The van der Waals surface area contributed by atoms with Gasteiger partial charge in [-0.05, 0) is 30.2 Å². The van der Waals surface area contributed by atoms with Gasteiger partial charge in [-0.25, -0.2) is 0 Å². The molecule has 2 heterocycles. The van der Waals surface area contributed by atoms with Crippen molar-refractivity contribution in [3.8, 4) is 23.7 Å². The summed E-state index contributed by atoms with van der Waals surface area (Å²) in [4.78, 5) is 11.9. The van der Waals surface area contributed by atoms with E-state index < -0.39 is 0 Å². The van der Waals surface area contributed by atoms with Crippen molar-refractivity contribution >= 4 is 17.4 Å². The van der Waals surface area contributed by atoms with E-state index in [0.29, 0.717) is 31.8 Å². The highest BCUT2D eigenvalue weighted by Crippen LogP contribution is 2.40. The number of anilines is 1. The fourth-order valence-corrected chi connectivity index (χ4v) is 3.78. The Morgan fingerprint density at radius 1 is 1.22 bits per heavy atom. The van der Waals surface area contributed by atoms with Crippen molar-refractivity contribution in [2.24, 2.45) is 5.41 Å². The molecule has 1 aliphatic rings. The zero-order valence-corrected chi connectivity index (χ0v) is 18.8. The number of benzene rings is 1. The second-order valence-corrected chi connectivity index (χ2v) is 9.23. The number of terminal acetylenes is 1. The normalized spacial score (nSPS) is 14.0. The quantitative estimate of drug-likeness (QED) is 0.501. The molecule has 1 amide bonds. The third-order valence-corrected chi connectivity index (χ3v) is 5.99. The molecule has 2 aromatic heterocycles. The van der Waals surface area contributed by atoms with Crippen molar-refractivity contribution in [2.45, 2.75) is 51.9 Å². The van der Waals surface area contributed by atoms with E-state index in [1.165, 1.54) is 24.8 Å². The van der Waals surface area contributed by atoms with E-state index in [9.17, 15) is 4.79 Å². The third-order valence-electron chi connectivity index (χ3n) is 5.99. The molecule has 2 N–H and O–H groups in total. The Labute approximate surface area is 189 Å². The Morgan fingerprint density at radius 3 is 2.69 bits per heavy atom. The molecular weight excluding hydrogens is 400 g/mol. The number of nitrogens with zero attached hydrogens (tertiary/aromatic N) is 4. The van der Waals surface area contributed by atoms with Crippen LogP contribution in [-0.2, 0) is 4.79 Å². The van der Waals surface area contributed by atoms with Gasteiger partial charge < -0.3 is 10.6 Å². The number of rotatable bonds is 9. The zero-order valence-electron chi connectivity index (χ0n) is 18.8. The predicted octanol–water partition coefficient (Wildman–Crippen LogP) is 4.03. The van der Waals surface area contributed by atoms with Crippen LogP contribution in [0.4, 0.5) is 5.82 Å². The first-order valence-corrected chi connectivity index (χ1v) is 11.2. The van der Waals surface area contributed by atoms with Crippen molar-refractivity contribution in [1.82, 2.24) is 25.1 Å². The average molecular weight is 431 g/mol. The third kappa shape index (κ3) is 4.91. The maximum atomic E-state index is 11.9. The second-order valence-electron chi connectivity index (χ2n) is 9.23. The molecule has 32 heavy (non-hydrogen) atoms. The Balaban J connectivity index is 1.55. The van der Waals surface area contributed by atoms with Gasteiger partial charge in [0, 0.05) is 37.1 Å². The fourth-order valence-electron chi connectivity index (χ4n) is 3.78. The van der Waals surface area contributed by atoms with Gasteiger partial charge in [-0.2, -0.15) is 4.52 Å². The highest BCUT2D eigenvalue weighted by atomic mass is 16.1. The van der Waals surface area contributed by atoms with Crippen LogP contribution in [0.2, 0.25) is 0 Å². The molecular formula is C25H30N6O. The Morgan fingerprint density at radius 2 is 2.00 bits per heavy atom. The van der Waals surface area contributed by atoms with E-state index in [-0.39, 0.29) is 11.3 Å². The summed E-state index contributed by atoms with van der Waals surface area (Å²) in [6, 6.07) is 12.1. The zero-order chi connectivity index (χ0) is 22.6. The number of hydrogen-bond acceptors (Lipinski definition) is 5. The van der Waals surface area contributed by atoms with Crippen LogP contribution in [0.1, 0.15) is 57.4 Å². The van der Waals surface area contributed by atoms with Gasteiger partial charge in [0.05, 0.1) is 0 Å². The molecule has 0 atom stereocenters. The van der Waals surface area contributed by atoms with Gasteiger partial charge in [0.15, 0.2) is 17.3 Å². The summed E-state index contributed by atoms with van der Waals surface area (Å²) in [6.45, 7) is 5.48. The number of carbonyl (C=O) groups is 1. The molecule has 0 saturated heterocycles. The molecule has 1 saturated carbocycles. The number of nitrogens with one attached hydrogen (secondary N) is 2. The molecule has 1 aliphatic carbocycles. The van der Waals surface area contributed by atoms with Crippen molar-refractivity contribution in [3.63, 3.8) is 0 Å². The average Bonchev–Trinajstić information content (AvgIpc) is 3.17. The van der Waals surface area contributed by atoms with Gasteiger partial charge >= 0.3 is 0 Å². The van der Waals surface area contributed by atoms with Crippen LogP contribution < -0.4 is 10.6 Å². The summed E-state index contributed by atoms with van der Waals surface area (Å²) in [5.41, 5.74) is 2.78. The number of amides is 1. The van der Waals surface area contributed by atoms with Gasteiger partial charge in [-0.15, -0.1) is 27.6 Å². The van der Waals surface area contributed by atoms with Crippen LogP contribution >= 0.6 is 0 Å². The molecule has 3 aromatic rings. The van der Waals surface area contributed by atoms with E-state index in [1.54, 1.807) is 0 Å². The minimum Gasteiger partial charge on any atom is -0.368 e. The van der Waals surface area contributed by atoms with E-state index in [1.807, 2.05) is 34.8 Å². The van der Waals surface area contributed by atoms with Crippen LogP contribution in [0.25, 0.3) is 17.0 Å². The molecule has 1 aromatic carbocycles. The summed E-state index contributed by atoms with van der Waals surface area (Å²) in [5.74, 6) is 4.58. The molecule has 7 heteroatoms. The van der Waals surface area contributed by atoms with E-state index in [0.717, 1.165) is 22.9 Å². The number of fused-ring (bicyclic) bond motifs is 1. The van der Waals surface area contributed by atoms with Gasteiger partial charge in [0.1, 0.15) is 0 Å². The van der Waals surface area contributed by atoms with Gasteiger partial charge in [-0.1, -0.05) is 50.6 Å². The second kappa shape index (κ2) is 9.39. The largest absolute Gasteiger partial charge is 0.368 e. The highest BCUT2D eigenvalue weighted by molar-refractivity contribution is 5.76. The van der Waals surface area contributed by atoms with Crippen LogP contribution in [0.5, 0.6) is 0 Å². The Bertz CT molecular complexity index is 1120. The maximum absolute atomic E-state index is 11.9. The van der Waals surface area contributed by atoms with E-state index >= 15 is 0 Å². The summed E-state index contributed by atoms with van der Waals surface area (Å²) >= 11 is 0. The van der Waals surface area contributed by atoms with E-state index in [2.05, 4.69) is 46.7 Å². The van der Waals surface area contributed by atoms with Crippen LogP contribution in [-0.4, -0.2) is 38.8 Å². The minimum atomic E-state index is -0.158. The molecule has 0 aliphatic heterocycles. The van der Waals surface area contributed by atoms with Crippen molar-refractivity contribution in [2.75, 3.05) is 18.4 Å². The first-order valence-electron chi connectivity index (χ1n) is 11.2. The summed E-state index contributed by atoms with van der Waals surface area (Å²) in [6.07, 6.45) is 9.65. The molecule has 0 spiro atoms. The highest BCUT2D eigenvalue weighted by Gasteiger charge is 2.26. The van der Waals surface area contributed by atoms with Gasteiger partial charge in [0.25, 0.3) is 0 Å². The fraction of sp³-hybridized carbons (Fsp3) is 0.440. The van der Waals surface area contributed by atoms with Crippen molar-refractivity contribution < 1.29 is 4.79 Å². The maximum Gasteiger partial charge on any atom is 0.220 e. The van der Waals surface area contributed by atoms with Crippen LogP contribution in [0.15, 0.2) is 36.4 Å². The monoisotopic (exact) mass is 430 g/mol. The van der Waals surface area contributed by atoms with Crippen molar-refractivity contribution in [3.05, 3.63) is 42.0 Å². The molecule has 1 fully saturated rings. The van der Waals surface area contributed by atoms with Gasteiger partial charge in [-0.3, -0.25) is 4.79 Å². The number of carbonyl (C=O) groups excluding carboxylic acids is 1. The SMILES string of the molecule is C#CCCC(=O)NCC(C)(C)CNc1nn2c(-c3ccccc3)nnc2cc1C1CCC1.